The van der Waals surface area contributed by atoms with Gasteiger partial charge in [0.2, 0.25) is 0 Å². The monoisotopic (exact) mass is 303 g/mol. The van der Waals surface area contributed by atoms with Crippen molar-refractivity contribution in [3.63, 3.8) is 0 Å². The van der Waals surface area contributed by atoms with Gasteiger partial charge in [0, 0.05) is 0 Å². The molecule has 2 nitrogen and oxygen atoms in total. The number of hydrogen-bond acceptors (Lipinski definition) is 1. The predicted octanol–water partition coefficient (Wildman–Crippen LogP) is 2.66. The van der Waals surface area contributed by atoms with Crippen LogP contribution in [0.15, 0.2) is 47.3 Å². The summed E-state index contributed by atoms with van der Waals surface area (Å²) in [5, 5.41) is 0.860. The van der Waals surface area contributed by atoms with Crippen molar-refractivity contribution in [2.45, 2.75) is 13.8 Å². The van der Waals surface area contributed by atoms with E-state index in [0.29, 0.717) is 0 Å². The molecular weight excluding hydrogens is 289 g/mol. The molecule has 0 amide bonds. The molecule has 0 saturated carbocycles. The fourth-order valence-electron chi connectivity index (χ4n) is 2.09. The zero-order chi connectivity index (χ0) is 12.7. The minimum atomic E-state index is 0.0617. The standard InChI is InChI=1S/C15H13NOSe/c1-10-6-5-8-13(11(10)2)16-15(17)12-7-3-4-9-14(12)18-16/h3-9H,1-2H3. The van der Waals surface area contributed by atoms with Crippen LogP contribution in [0.3, 0.4) is 0 Å². The summed E-state index contributed by atoms with van der Waals surface area (Å²) in [4.78, 5) is 12.4. The number of nitrogens with zero attached hydrogens (tertiary/aromatic N) is 1. The fraction of sp³-hybridized carbons (Fsp3) is 0.133. The van der Waals surface area contributed by atoms with Gasteiger partial charge in [0.1, 0.15) is 0 Å². The van der Waals surface area contributed by atoms with Crippen molar-refractivity contribution < 1.29 is 0 Å². The quantitative estimate of drug-likeness (QED) is 0.634. The summed E-state index contributed by atoms with van der Waals surface area (Å²) in [5.74, 6) is 0. The number of aromatic nitrogens is 1. The number of aryl methyl sites for hydroxylation is 1. The van der Waals surface area contributed by atoms with Gasteiger partial charge in [0.15, 0.2) is 0 Å². The first-order valence-corrected chi connectivity index (χ1v) is 7.48. The van der Waals surface area contributed by atoms with Crippen LogP contribution in [-0.2, 0) is 0 Å². The Morgan fingerprint density at radius 3 is 2.56 bits per heavy atom. The molecule has 0 spiro atoms. The molecule has 1 heterocycles. The van der Waals surface area contributed by atoms with Gasteiger partial charge in [-0.2, -0.15) is 0 Å². The Morgan fingerprint density at radius 1 is 1.00 bits per heavy atom. The Kier molecular flexibility index (Phi) is 2.73. The van der Waals surface area contributed by atoms with Crippen LogP contribution >= 0.6 is 0 Å². The molecule has 0 unspecified atom stereocenters. The first kappa shape index (κ1) is 11.5. The van der Waals surface area contributed by atoms with E-state index in [2.05, 4.69) is 26.0 Å². The summed E-state index contributed by atoms with van der Waals surface area (Å²) in [6.45, 7) is 4.16. The van der Waals surface area contributed by atoms with Crippen LogP contribution in [0.5, 0.6) is 0 Å². The molecule has 0 radical (unpaired) electrons. The predicted molar refractivity (Wildman–Crippen MR) is 76.0 cm³/mol. The van der Waals surface area contributed by atoms with Crippen LogP contribution in [0, 0.1) is 13.8 Å². The molecular formula is C15H13NOSe. The van der Waals surface area contributed by atoms with Gasteiger partial charge in [0.05, 0.1) is 0 Å². The molecule has 3 aromatic rings. The molecule has 0 N–H and O–H groups in total. The van der Waals surface area contributed by atoms with Crippen LogP contribution in [0.2, 0.25) is 0 Å². The molecule has 3 rings (SSSR count). The van der Waals surface area contributed by atoms with Crippen molar-refractivity contribution in [2.24, 2.45) is 0 Å². The van der Waals surface area contributed by atoms with Gasteiger partial charge in [-0.05, 0) is 0 Å². The molecule has 0 bridgehead atoms. The molecule has 18 heavy (non-hydrogen) atoms. The Labute approximate surface area is 111 Å². The third-order valence-corrected chi connectivity index (χ3v) is 5.59. The molecule has 90 valence electrons. The molecule has 1 aromatic heterocycles. The third-order valence-electron chi connectivity index (χ3n) is 3.29. The number of fused-ring (bicyclic) bond motifs is 1. The van der Waals surface area contributed by atoms with Gasteiger partial charge < -0.3 is 0 Å². The van der Waals surface area contributed by atoms with Gasteiger partial charge in [-0.3, -0.25) is 0 Å². The number of benzene rings is 2. The van der Waals surface area contributed by atoms with E-state index in [1.165, 1.54) is 15.4 Å². The maximum absolute atomic E-state index is 12.4. The maximum atomic E-state index is 12.4. The van der Waals surface area contributed by atoms with Crippen LogP contribution in [0.25, 0.3) is 15.3 Å². The van der Waals surface area contributed by atoms with Crippen molar-refractivity contribution >= 4 is 24.4 Å². The fourth-order valence-corrected chi connectivity index (χ4v) is 4.33. The van der Waals surface area contributed by atoms with E-state index in [1.807, 2.05) is 33.9 Å². The van der Waals surface area contributed by atoms with Crippen molar-refractivity contribution in [1.29, 1.82) is 0 Å². The van der Waals surface area contributed by atoms with E-state index in [9.17, 15) is 4.79 Å². The van der Waals surface area contributed by atoms with Crippen LogP contribution in [0.4, 0.5) is 0 Å². The van der Waals surface area contributed by atoms with E-state index in [4.69, 9.17) is 0 Å². The second-order valence-electron chi connectivity index (χ2n) is 4.41. The van der Waals surface area contributed by atoms with Crippen LogP contribution in [-0.4, -0.2) is 18.3 Å². The molecule has 0 atom stereocenters. The van der Waals surface area contributed by atoms with Crippen LogP contribution < -0.4 is 5.56 Å². The van der Waals surface area contributed by atoms with Crippen molar-refractivity contribution in [1.82, 2.24) is 3.56 Å². The summed E-state index contributed by atoms with van der Waals surface area (Å²) in [7, 11) is 0. The zero-order valence-electron chi connectivity index (χ0n) is 10.3. The molecule has 0 fully saturated rings. The summed E-state index contributed by atoms with van der Waals surface area (Å²) < 4.78 is 3.11. The second kappa shape index (κ2) is 4.27. The SMILES string of the molecule is Cc1cccc(-n2[se]c3ccccc3c2=O)c1C. The molecule has 0 aliphatic rings. The Hall–Kier alpha value is -1.57. The normalized spacial score (nSPS) is 11.0. The molecule has 0 saturated heterocycles. The number of hydrogen-bond donors (Lipinski definition) is 0. The van der Waals surface area contributed by atoms with Gasteiger partial charge in [-0.15, -0.1) is 0 Å². The summed E-state index contributed by atoms with van der Waals surface area (Å²) in [6.07, 6.45) is 0. The second-order valence-corrected chi connectivity index (χ2v) is 6.48. The van der Waals surface area contributed by atoms with E-state index in [1.54, 1.807) is 0 Å². The number of rotatable bonds is 1. The molecule has 0 aliphatic heterocycles. The average molecular weight is 302 g/mol. The molecule has 3 heteroatoms. The van der Waals surface area contributed by atoms with E-state index >= 15 is 0 Å². The average Bonchev–Trinajstić information content (AvgIpc) is 2.71. The van der Waals surface area contributed by atoms with Gasteiger partial charge in [-0.25, -0.2) is 0 Å². The Morgan fingerprint density at radius 2 is 1.78 bits per heavy atom. The van der Waals surface area contributed by atoms with Crippen molar-refractivity contribution in [3.05, 3.63) is 63.9 Å². The first-order valence-electron chi connectivity index (χ1n) is 5.86. The minimum absolute atomic E-state index is 0.0617. The molecule has 2 aromatic carbocycles. The Balaban J connectivity index is 2.36. The first-order chi connectivity index (χ1) is 8.68. The summed E-state index contributed by atoms with van der Waals surface area (Å²) in [6, 6.07) is 14.0. The van der Waals surface area contributed by atoms with Crippen molar-refractivity contribution in [3.8, 4) is 5.69 Å². The summed E-state index contributed by atoms with van der Waals surface area (Å²) >= 11 is 0.0617. The van der Waals surface area contributed by atoms with Gasteiger partial charge in [-0.1, -0.05) is 0 Å². The summed E-state index contributed by atoms with van der Waals surface area (Å²) in [5.41, 5.74) is 3.61. The van der Waals surface area contributed by atoms with Gasteiger partial charge in [0.25, 0.3) is 0 Å². The van der Waals surface area contributed by atoms with E-state index < -0.39 is 0 Å². The van der Waals surface area contributed by atoms with E-state index in [-0.39, 0.29) is 20.3 Å². The van der Waals surface area contributed by atoms with Crippen LogP contribution in [0.1, 0.15) is 11.1 Å². The van der Waals surface area contributed by atoms with Crippen molar-refractivity contribution in [2.75, 3.05) is 0 Å². The topological polar surface area (TPSA) is 22.0 Å². The third kappa shape index (κ3) is 1.67. The zero-order valence-corrected chi connectivity index (χ0v) is 12.0. The molecule has 0 aliphatic carbocycles. The Bertz CT molecular complexity index is 783. The van der Waals surface area contributed by atoms with Gasteiger partial charge >= 0.3 is 111 Å². The van der Waals surface area contributed by atoms with E-state index in [0.717, 1.165) is 11.1 Å².